The average Bonchev–Trinajstić information content (AvgIpc) is 2.60. The van der Waals surface area contributed by atoms with Gasteiger partial charge in [-0.25, -0.2) is 22.3 Å². The van der Waals surface area contributed by atoms with Crippen LogP contribution in [0.5, 0.6) is 0 Å². The molecule has 2 aromatic carbocycles. The SMILES string of the molecule is N#CCOC(=O)c1ccc(CNS(=O)(=O)c2ccc(F)c(Cl)c2)cc1. The van der Waals surface area contributed by atoms with Gasteiger partial charge in [0.1, 0.15) is 11.9 Å². The molecule has 0 aliphatic rings. The first-order valence-corrected chi connectivity index (χ1v) is 8.77. The van der Waals surface area contributed by atoms with Crippen LogP contribution in [0.15, 0.2) is 47.4 Å². The molecule has 0 unspecified atom stereocenters. The monoisotopic (exact) mass is 382 g/mol. The number of sulfonamides is 1. The first-order valence-electron chi connectivity index (χ1n) is 6.91. The van der Waals surface area contributed by atoms with Crippen LogP contribution in [0.25, 0.3) is 0 Å². The zero-order valence-corrected chi connectivity index (χ0v) is 14.3. The third kappa shape index (κ3) is 5.00. The van der Waals surface area contributed by atoms with Crippen molar-refractivity contribution >= 4 is 27.6 Å². The molecule has 0 aliphatic heterocycles. The Morgan fingerprint density at radius 3 is 2.52 bits per heavy atom. The van der Waals surface area contributed by atoms with Gasteiger partial charge < -0.3 is 4.74 Å². The summed E-state index contributed by atoms with van der Waals surface area (Å²) in [5.74, 6) is -1.35. The van der Waals surface area contributed by atoms with E-state index in [2.05, 4.69) is 9.46 Å². The van der Waals surface area contributed by atoms with Gasteiger partial charge in [0.25, 0.3) is 0 Å². The number of halogens is 2. The van der Waals surface area contributed by atoms with Crippen molar-refractivity contribution in [1.82, 2.24) is 4.72 Å². The average molecular weight is 383 g/mol. The molecule has 0 saturated heterocycles. The van der Waals surface area contributed by atoms with Crippen molar-refractivity contribution in [2.75, 3.05) is 6.61 Å². The maximum Gasteiger partial charge on any atom is 0.339 e. The second-order valence-electron chi connectivity index (χ2n) is 4.83. The summed E-state index contributed by atoms with van der Waals surface area (Å²) in [4.78, 5) is 11.4. The highest BCUT2D eigenvalue weighted by Crippen LogP contribution is 2.19. The molecule has 9 heteroatoms. The van der Waals surface area contributed by atoms with Gasteiger partial charge in [0.05, 0.1) is 15.5 Å². The zero-order valence-electron chi connectivity index (χ0n) is 12.7. The quantitative estimate of drug-likeness (QED) is 0.775. The lowest BCUT2D eigenvalue weighted by atomic mass is 10.1. The summed E-state index contributed by atoms with van der Waals surface area (Å²) in [6, 6.07) is 10.8. The Morgan fingerprint density at radius 2 is 1.92 bits per heavy atom. The molecule has 0 aromatic heterocycles. The van der Waals surface area contributed by atoms with Crippen LogP contribution in [0.3, 0.4) is 0 Å². The minimum atomic E-state index is -3.86. The van der Waals surface area contributed by atoms with Crippen molar-refractivity contribution in [3.63, 3.8) is 0 Å². The molecule has 25 heavy (non-hydrogen) atoms. The third-order valence-corrected chi connectivity index (χ3v) is 4.81. The van der Waals surface area contributed by atoms with Gasteiger partial charge in [0, 0.05) is 6.54 Å². The van der Waals surface area contributed by atoms with E-state index in [0.29, 0.717) is 5.56 Å². The van der Waals surface area contributed by atoms with Crippen molar-refractivity contribution in [3.8, 4) is 6.07 Å². The van der Waals surface area contributed by atoms with Crippen LogP contribution in [0.1, 0.15) is 15.9 Å². The molecule has 1 N–H and O–H groups in total. The van der Waals surface area contributed by atoms with Crippen LogP contribution < -0.4 is 4.72 Å². The standard InChI is InChI=1S/C16H12ClFN2O4S/c17-14-9-13(5-6-15(14)18)25(22,23)20-10-11-1-3-12(4-2-11)16(21)24-8-7-19/h1-6,9,20H,8,10H2. The number of nitrogens with zero attached hydrogens (tertiary/aromatic N) is 1. The second-order valence-corrected chi connectivity index (χ2v) is 7.01. The van der Waals surface area contributed by atoms with Crippen molar-refractivity contribution in [2.45, 2.75) is 11.4 Å². The Balaban J connectivity index is 2.04. The summed E-state index contributed by atoms with van der Waals surface area (Å²) in [6.07, 6.45) is 0. The molecule has 6 nitrogen and oxygen atoms in total. The van der Waals surface area contributed by atoms with E-state index < -0.39 is 21.8 Å². The lowest BCUT2D eigenvalue weighted by Gasteiger charge is -2.08. The third-order valence-electron chi connectivity index (χ3n) is 3.13. The first kappa shape index (κ1) is 18.9. The molecule has 0 amide bonds. The highest BCUT2D eigenvalue weighted by atomic mass is 35.5. The van der Waals surface area contributed by atoms with E-state index in [0.717, 1.165) is 18.2 Å². The lowest BCUT2D eigenvalue weighted by Crippen LogP contribution is -2.23. The molecule has 130 valence electrons. The topological polar surface area (TPSA) is 96.3 Å². The van der Waals surface area contributed by atoms with E-state index in [1.807, 2.05) is 0 Å². The van der Waals surface area contributed by atoms with E-state index in [1.165, 1.54) is 12.1 Å². The fourth-order valence-electron chi connectivity index (χ4n) is 1.85. The number of hydrogen-bond donors (Lipinski definition) is 1. The summed E-state index contributed by atoms with van der Waals surface area (Å²) in [6.45, 7) is -0.383. The van der Waals surface area contributed by atoms with Crippen LogP contribution in [0.2, 0.25) is 5.02 Å². The van der Waals surface area contributed by atoms with Crippen molar-refractivity contribution in [2.24, 2.45) is 0 Å². The van der Waals surface area contributed by atoms with Crippen LogP contribution in [-0.2, 0) is 21.3 Å². The minimum absolute atomic E-state index is 0.0369. The summed E-state index contributed by atoms with van der Waals surface area (Å²) < 4.78 is 44.5. The largest absolute Gasteiger partial charge is 0.447 e. The number of hydrogen-bond acceptors (Lipinski definition) is 5. The van der Waals surface area contributed by atoms with E-state index in [9.17, 15) is 17.6 Å². The molecule has 0 atom stereocenters. The molecular formula is C16H12ClFN2O4S. The number of benzene rings is 2. The van der Waals surface area contributed by atoms with E-state index in [1.54, 1.807) is 18.2 Å². The Hall–Kier alpha value is -2.47. The molecule has 2 aromatic rings. The Morgan fingerprint density at radius 1 is 1.24 bits per heavy atom. The van der Waals surface area contributed by atoms with Crippen LogP contribution in [-0.4, -0.2) is 21.0 Å². The fraction of sp³-hybridized carbons (Fsp3) is 0.125. The molecular weight excluding hydrogens is 371 g/mol. The number of ether oxygens (including phenoxy) is 1. The van der Waals surface area contributed by atoms with Crippen LogP contribution in [0.4, 0.5) is 4.39 Å². The molecule has 2 rings (SSSR count). The van der Waals surface area contributed by atoms with E-state index in [4.69, 9.17) is 16.9 Å². The second kappa shape index (κ2) is 8.07. The van der Waals surface area contributed by atoms with Crippen molar-refractivity contribution in [1.29, 1.82) is 5.26 Å². The van der Waals surface area contributed by atoms with E-state index >= 15 is 0 Å². The number of carbonyl (C=O) groups is 1. The summed E-state index contributed by atoms with van der Waals surface area (Å²) in [5, 5.41) is 8.07. The van der Waals surface area contributed by atoms with Gasteiger partial charge in [-0.05, 0) is 35.9 Å². The van der Waals surface area contributed by atoms with Gasteiger partial charge in [-0.2, -0.15) is 5.26 Å². The minimum Gasteiger partial charge on any atom is -0.447 e. The number of nitrogens with one attached hydrogen (secondary N) is 1. The zero-order chi connectivity index (χ0) is 18.4. The van der Waals surface area contributed by atoms with Crippen LogP contribution >= 0.6 is 11.6 Å². The lowest BCUT2D eigenvalue weighted by molar-refractivity contribution is 0.0555. The Bertz CT molecular complexity index is 924. The summed E-state index contributed by atoms with van der Waals surface area (Å²) in [7, 11) is -3.86. The molecule has 0 radical (unpaired) electrons. The van der Waals surface area contributed by atoms with Gasteiger partial charge in [-0.15, -0.1) is 0 Å². The Labute approximate surface area is 148 Å². The van der Waals surface area contributed by atoms with Gasteiger partial charge in [-0.3, -0.25) is 0 Å². The van der Waals surface area contributed by atoms with Gasteiger partial charge in [0.2, 0.25) is 10.0 Å². The molecule has 0 bridgehead atoms. The maximum atomic E-state index is 13.1. The van der Waals surface area contributed by atoms with E-state index in [-0.39, 0.29) is 28.6 Å². The highest BCUT2D eigenvalue weighted by molar-refractivity contribution is 7.89. The summed E-state index contributed by atoms with van der Waals surface area (Å²) >= 11 is 5.59. The number of esters is 1. The highest BCUT2D eigenvalue weighted by Gasteiger charge is 2.16. The normalized spacial score (nSPS) is 10.9. The number of carbonyl (C=O) groups excluding carboxylic acids is 1. The molecule has 0 saturated carbocycles. The number of rotatable bonds is 6. The van der Waals surface area contributed by atoms with Gasteiger partial charge >= 0.3 is 5.97 Å². The smallest absolute Gasteiger partial charge is 0.339 e. The maximum absolute atomic E-state index is 13.1. The molecule has 0 heterocycles. The summed E-state index contributed by atoms with van der Waals surface area (Å²) in [5.41, 5.74) is 0.834. The molecule has 0 aliphatic carbocycles. The van der Waals surface area contributed by atoms with Crippen molar-refractivity contribution in [3.05, 3.63) is 64.4 Å². The number of nitriles is 1. The predicted molar refractivity (Wildman–Crippen MR) is 87.8 cm³/mol. The van der Waals surface area contributed by atoms with Crippen LogP contribution in [0, 0.1) is 17.1 Å². The van der Waals surface area contributed by atoms with Gasteiger partial charge in [0.15, 0.2) is 6.61 Å². The fourth-order valence-corrected chi connectivity index (χ4v) is 3.13. The van der Waals surface area contributed by atoms with Gasteiger partial charge in [-0.1, -0.05) is 23.7 Å². The molecule has 0 fully saturated rings. The predicted octanol–water partition coefficient (Wildman–Crippen LogP) is 2.64. The Kier molecular flexibility index (Phi) is 6.09. The van der Waals surface area contributed by atoms with Crippen molar-refractivity contribution < 1.29 is 22.3 Å². The first-order chi connectivity index (χ1) is 11.8. The molecule has 0 spiro atoms.